The molecule has 7 nitrogen and oxygen atoms in total. The van der Waals surface area contributed by atoms with Crippen molar-refractivity contribution in [1.29, 1.82) is 0 Å². The lowest BCUT2D eigenvalue weighted by atomic mass is 10.1. The lowest BCUT2D eigenvalue weighted by Gasteiger charge is -2.14. The van der Waals surface area contributed by atoms with E-state index in [4.69, 9.17) is 4.84 Å². The number of hydroxylamine groups is 1. The molecule has 29 heavy (non-hydrogen) atoms. The fourth-order valence-corrected chi connectivity index (χ4v) is 4.32. The Kier molecular flexibility index (Phi) is 6.43. The molecule has 0 fully saturated rings. The SMILES string of the molecule is CCc1ccc(-c2csc(NC(=O)c3cccc(S(=O)(=O)N(C)OC)c3)n2)cc1. The highest BCUT2D eigenvalue weighted by atomic mass is 32.2. The van der Waals surface area contributed by atoms with Crippen molar-refractivity contribution < 1.29 is 18.0 Å². The lowest BCUT2D eigenvalue weighted by molar-refractivity contribution is -0.0258. The molecule has 0 aliphatic carbocycles. The molecule has 1 aromatic heterocycles. The highest BCUT2D eigenvalue weighted by molar-refractivity contribution is 7.89. The zero-order chi connectivity index (χ0) is 21.0. The van der Waals surface area contributed by atoms with Crippen LogP contribution in [0.5, 0.6) is 0 Å². The number of aryl methyl sites for hydroxylation is 1. The summed E-state index contributed by atoms with van der Waals surface area (Å²) in [4.78, 5) is 21.8. The van der Waals surface area contributed by atoms with Gasteiger partial charge in [-0.3, -0.25) is 14.9 Å². The predicted octanol–water partition coefficient (Wildman–Crippen LogP) is 3.81. The van der Waals surface area contributed by atoms with E-state index in [0.717, 1.165) is 22.1 Å². The van der Waals surface area contributed by atoms with Crippen molar-refractivity contribution in [2.24, 2.45) is 0 Å². The summed E-state index contributed by atoms with van der Waals surface area (Å²) < 4.78 is 25.5. The van der Waals surface area contributed by atoms with E-state index in [0.29, 0.717) is 5.13 Å². The number of sulfonamides is 1. The smallest absolute Gasteiger partial charge is 0.264 e. The van der Waals surface area contributed by atoms with Crippen LogP contribution >= 0.6 is 11.3 Å². The third kappa shape index (κ3) is 4.70. The zero-order valence-corrected chi connectivity index (χ0v) is 17.9. The lowest BCUT2D eigenvalue weighted by Crippen LogP contribution is -2.26. The van der Waals surface area contributed by atoms with Crippen LogP contribution in [0.2, 0.25) is 0 Å². The number of aromatic nitrogens is 1. The zero-order valence-electron chi connectivity index (χ0n) is 16.2. The fourth-order valence-electron chi connectivity index (χ4n) is 2.59. The average molecular weight is 432 g/mol. The highest BCUT2D eigenvalue weighted by Gasteiger charge is 2.22. The predicted molar refractivity (Wildman–Crippen MR) is 113 cm³/mol. The summed E-state index contributed by atoms with van der Waals surface area (Å²) in [6.45, 7) is 2.10. The Morgan fingerprint density at radius 1 is 1.21 bits per heavy atom. The molecule has 0 saturated heterocycles. The summed E-state index contributed by atoms with van der Waals surface area (Å²) in [6, 6.07) is 13.9. The second kappa shape index (κ2) is 8.83. The van der Waals surface area contributed by atoms with Crippen LogP contribution < -0.4 is 5.32 Å². The van der Waals surface area contributed by atoms with Gasteiger partial charge < -0.3 is 0 Å². The Hall–Kier alpha value is -2.59. The molecule has 0 saturated carbocycles. The minimum Gasteiger partial charge on any atom is -0.298 e. The highest BCUT2D eigenvalue weighted by Crippen LogP contribution is 2.26. The third-order valence-electron chi connectivity index (χ3n) is 4.37. The number of carbonyl (C=O) groups is 1. The van der Waals surface area contributed by atoms with Gasteiger partial charge in [0.1, 0.15) is 0 Å². The number of anilines is 1. The van der Waals surface area contributed by atoms with E-state index in [1.165, 1.54) is 49.3 Å². The van der Waals surface area contributed by atoms with Crippen molar-refractivity contribution >= 4 is 32.4 Å². The number of carbonyl (C=O) groups excluding carboxylic acids is 1. The van der Waals surface area contributed by atoms with Crippen LogP contribution in [0.1, 0.15) is 22.8 Å². The maximum absolute atomic E-state index is 12.6. The Labute approximate surface area is 174 Å². The van der Waals surface area contributed by atoms with Crippen LogP contribution in [0.3, 0.4) is 0 Å². The van der Waals surface area contributed by atoms with Crippen molar-refractivity contribution in [1.82, 2.24) is 9.45 Å². The largest absolute Gasteiger partial charge is 0.298 e. The molecule has 2 aromatic carbocycles. The van der Waals surface area contributed by atoms with Gasteiger partial charge in [0.2, 0.25) is 0 Å². The Bertz CT molecular complexity index is 1110. The molecule has 3 aromatic rings. The molecule has 0 radical (unpaired) electrons. The number of hydrogen-bond donors (Lipinski definition) is 1. The molecule has 0 aliphatic heterocycles. The van der Waals surface area contributed by atoms with Crippen LogP contribution in [-0.2, 0) is 21.3 Å². The van der Waals surface area contributed by atoms with E-state index in [1.807, 2.05) is 17.5 Å². The molecule has 0 bridgehead atoms. The number of hydrogen-bond acceptors (Lipinski definition) is 6. The van der Waals surface area contributed by atoms with Gasteiger partial charge in [0.05, 0.1) is 17.7 Å². The maximum atomic E-state index is 12.6. The minimum absolute atomic E-state index is 0.0367. The normalized spacial score (nSPS) is 11.6. The molecular weight excluding hydrogens is 410 g/mol. The molecule has 0 spiro atoms. The van der Waals surface area contributed by atoms with Crippen molar-refractivity contribution in [3.63, 3.8) is 0 Å². The van der Waals surface area contributed by atoms with Crippen LogP contribution in [-0.4, -0.2) is 37.9 Å². The van der Waals surface area contributed by atoms with Crippen LogP contribution in [0.15, 0.2) is 58.8 Å². The number of benzene rings is 2. The summed E-state index contributed by atoms with van der Waals surface area (Å²) in [5.74, 6) is -0.440. The Morgan fingerprint density at radius 2 is 1.93 bits per heavy atom. The van der Waals surface area contributed by atoms with Gasteiger partial charge in [0, 0.05) is 23.6 Å². The number of amides is 1. The standard InChI is InChI=1S/C20H21N3O4S2/c1-4-14-8-10-15(11-9-14)18-13-28-20(21-18)22-19(24)16-6-5-7-17(12-16)29(25,26)23(2)27-3/h5-13H,4H2,1-3H3,(H,21,22,24). The maximum Gasteiger partial charge on any atom is 0.264 e. The minimum atomic E-state index is -3.84. The van der Waals surface area contributed by atoms with Gasteiger partial charge in [-0.25, -0.2) is 13.4 Å². The molecule has 9 heteroatoms. The number of rotatable bonds is 7. The van der Waals surface area contributed by atoms with Crippen molar-refractivity contribution in [3.05, 3.63) is 65.0 Å². The Balaban J connectivity index is 1.77. The molecule has 0 aliphatic rings. The van der Waals surface area contributed by atoms with E-state index in [9.17, 15) is 13.2 Å². The molecule has 1 heterocycles. The monoisotopic (exact) mass is 431 g/mol. The van der Waals surface area contributed by atoms with Gasteiger partial charge in [-0.15, -0.1) is 11.3 Å². The molecule has 0 atom stereocenters. The topological polar surface area (TPSA) is 88.6 Å². The third-order valence-corrected chi connectivity index (χ3v) is 6.81. The summed E-state index contributed by atoms with van der Waals surface area (Å²) in [5, 5.41) is 5.02. The fraction of sp³-hybridized carbons (Fsp3) is 0.200. The van der Waals surface area contributed by atoms with Gasteiger partial charge in [-0.1, -0.05) is 41.7 Å². The second-order valence-corrected chi connectivity index (χ2v) is 8.96. The van der Waals surface area contributed by atoms with Gasteiger partial charge in [0.15, 0.2) is 5.13 Å². The van der Waals surface area contributed by atoms with E-state index >= 15 is 0 Å². The summed E-state index contributed by atoms with van der Waals surface area (Å²) >= 11 is 1.31. The molecular formula is C20H21N3O4S2. The van der Waals surface area contributed by atoms with Crippen LogP contribution in [0, 0.1) is 0 Å². The van der Waals surface area contributed by atoms with Gasteiger partial charge in [0.25, 0.3) is 15.9 Å². The van der Waals surface area contributed by atoms with Crippen molar-refractivity contribution in [2.75, 3.05) is 19.5 Å². The summed E-state index contributed by atoms with van der Waals surface area (Å²) in [5.41, 5.74) is 3.19. The van der Waals surface area contributed by atoms with Crippen LogP contribution in [0.4, 0.5) is 5.13 Å². The quantitative estimate of drug-likeness (QED) is 0.575. The van der Waals surface area contributed by atoms with Crippen molar-refractivity contribution in [3.8, 4) is 11.3 Å². The summed E-state index contributed by atoms with van der Waals surface area (Å²) in [7, 11) is -1.30. The first-order chi connectivity index (χ1) is 13.8. The van der Waals surface area contributed by atoms with E-state index in [-0.39, 0.29) is 10.5 Å². The first kappa shape index (κ1) is 21.1. The van der Waals surface area contributed by atoms with Gasteiger partial charge >= 0.3 is 0 Å². The molecule has 152 valence electrons. The molecule has 1 amide bonds. The van der Waals surface area contributed by atoms with Gasteiger partial charge in [-0.2, -0.15) is 0 Å². The van der Waals surface area contributed by atoms with E-state index in [2.05, 4.69) is 29.4 Å². The van der Waals surface area contributed by atoms with E-state index in [1.54, 1.807) is 6.07 Å². The molecule has 3 rings (SSSR count). The molecule has 1 N–H and O–H groups in total. The first-order valence-electron chi connectivity index (χ1n) is 8.84. The number of thiazole rings is 1. The molecule has 0 unspecified atom stereocenters. The summed E-state index contributed by atoms with van der Waals surface area (Å²) in [6.07, 6.45) is 0.966. The Morgan fingerprint density at radius 3 is 2.59 bits per heavy atom. The van der Waals surface area contributed by atoms with Crippen molar-refractivity contribution in [2.45, 2.75) is 18.2 Å². The van der Waals surface area contributed by atoms with Crippen LogP contribution in [0.25, 0.3) is 11.3 Å². The van der Waals surface area contributed by atoms with Gasteiger partial charge in [-0.05, 0) is 30.2 Å². The van der Waals surface area contributed by atoms with E-state index < -0.39 is 15.9 Å². The second-order valence-electron chi connectivity index (χ2n) is 6.17. The number of nitrogens with one attached hydrogen (secondary N) is 1. The first-order valence-corrected chi connectivity index (χ1v) is 11.2. The average Bonchev–Trinajstić information content (AvgIpc) is 3.21. The number of nitrogens with zero attached hydrogens (tertiary/aromatic N) is 2.